The van der Waals surface area contributed by atoms with Crippen molar-refractivity contribution in [3.8, 4) is 23.0 Å². The van der Waals surface area contributed by atoms with Gasteiger partial charge in [-0.2, -0.15) is 0 Å². The van der Waals surface area contributed by atoms with Crippen LogP contribution in [0.3, 0.4) is 0 Å². The van der Waals surface area contributed by atoms with Crippen LogP contribution in [0.25, 0.3) is 0 Å². The number of carboxylic acids is 2. The number of benzene rings is 4. The molecule has 0 radical (unpaired) electrons. The van der Waals surface area contributed by atoms with Gasteiger partial charge in [0.25, 0.3) is 0 Å². The SMILES string of the molecule is CCCCCC(=Nc1cc(CCCC)cc(CCCC)c1)C(CCCC)=Nc1cc(CCCC)cc(CCCC)c1.CCc1ccc(O)c(O)c1C(=O)[O-].CCc1ccc(O)c(O)c1C(=O)[O-].[Ni+2]. The molecule has 0 saturated heterocycles. The summed E-state index contributed by atoms with van der Waals surface area (Å²) in [6, 6.07) is 19.7. The number of aliphatic imine (C=N–C) groups is 2. The van der Waals surface area contributed by atoms with Gasteiger partial charge in [0.15, 0.2) is 23.0 Å². The van der Waals surface area contributed by atoms with Gasteiger partial charge < -0.3 is 40.2 Å². The third-order valence-electron chi connectivity index (χ3n) is 11.7. The van der Waals surface area contributed by atoms with E-state index in [4.69, 9.17) is 20.2 Å². The molecule has 10 nitrogen and oxygen atoms in total. The molecule has 4 aromatic rings. The molecule has 4 aromatic carbocycles. The van der Waals surface area contributed by atoms with E-state index in [0.29, 0.717) is 24.0 Å². The van der Waals surface area contributed by atoms with Gasteiger partial charge in [-0.3, -0.25) is 9.98 Å². The summed E-state index contributed by atoms with van der Waals surface area (Å²) >= 11 is 0. The van der Waals surface area contributed by atoms with Crippen molar-refractivity contribution < 1.29 is 56.7 Å². The summed E-state index contributed by atoms with van der Waals surface area (Å²) in [7, 11) is 0. The number of aromatic carboxylic acids is 2. The largest absolute Gasteiger partial charge is 2.00 e. The van der Waals surface area contributed by atoms with Gasteiger partial charge in [0, 0.05) is 11.1 Å². The fraction of sp³-hybridized carbons (Fsp3) is 0.509. The van der Waals surface area contributed by atoms with Gasteiger partial charge in [-0.05, 0) is 160 Å². The number of aromatic hydroxyl groups is 4. The van der Waals surface area contributed by atoms with Crippen LogP contribution < -0.4 is 10.2 Å². The number of unbranched alkanes of at least 4 members (excludes halogenated alkanes) is 7. The van der Waals surface area contributed by atoms with E-state index in [-0.39, 0.29) is 27.6 Å². The quantitative estimate of drug-likeness (QED) is 0.0207. The zero-order valence-corrected chi connectivity index (χ0v) is 43.2. The Morgan fingerprint density at radius 3 is 1.03 bits per heavy atom. The summed E-state index contributed by atoms with van der Waals surface area (Å²) in [6.45, 7) is 17.2. The predicted molar refractivity (Wildman–Crippen MR) is 272 cm³/mol. The second-order valence-electron chi connectivity index (χ2n) is 17.3. The molecule has 68 heavy (non-hydrogen) atoms. The Bertz CT molecular complexity index is 2080. The monoisotopic (exact) mass is 979 g/mol. The molecule has 376 valence electrons. The number of nitrogens with zero attached hydrogens (tertiary/aromatic N) is 2. The molecule has 0 aliphatic carbocycles. The van der Waals surface area contributed by atoms with Crippen LogP contribution in [0.1, 0.15) is 206 Å². The van der Waals surface area contributed by atoms with Gasteiger partial charge in [0.1, 0.15) is 0 Å². The first-order valence-electron chi connectivity index (χ1n) is 25.1. The molecule has 4 N–H and O–H groups in total. The Morgan fingerprint density at radius 1 is 0.441 bits per heavy atom. The number of hydrogen-bond acceptors (Lipinski definition) is 10. The first kappa shape index (κ1) is 60.9. The molecule has 0 fully saturated rings. The van der Waals surface area contributed by atoms with Crippen molar-refractivity contribution in [3.63, 3.8) is 0 Å². The van der Waals surface area contributed by atoms with E-state index in [1.165, 1.54) is 135 Å². The molecule has 0 bridgehead atoms. The summed E-state index contributed by atoms with van der Waals surface area (Å²) in [4.78, 5) is 32.0. The second-order valence-corrected chi connectivity index (χ2v) is 17.3. The topological polar surface area (TPSA) is 186 Å². The van der Waals surface area contributed by atoms with E-state index in [0.717, 1.165) is 56.3 Å². The molecule has 0 saturated carbocycles. The van der Waals surface area contributed by atoms with Gasteiger partial charge in [-0.25, -0.2) is 0 Å². The number of aryl methyl sites for hydroxylation is 6. The van der Waals surface area contributed by atoms with Crippen LogP contribution in [0, 0.1) is 0 Å². The van der Waals surface area contributed by atoms with Crippen LogP contribution >= 0.6 is 0 Å². The van der Waals surface area contributed by atoms with Crippen molar-refractivity contribution in [2.75, 3.05) is 0 Å². The third kappa shape index (κ3) is 21.0. The molecule has 11 heteroatoms. The minimum Gasteiger partial charge on any atom is -0.545 e. The number of carboxylic acid groups (broad SMARTS) is 2. The maximum Gasteiger partial charge on any atom is 2.00 e. The van der Waals surface area contributed by atoms with Gasteiger partial charge in [0.2, 0.25) is 0 Å². The maximum absolute atomic E-state index is 10.6. The van der Waals surface area contributed by atoms with Crippen molar-refractivity contribution in [1.29, 1.82) is 0 Å². The van der Waals surface area contributed by atoms with Crippen molar-refractivity contribution >= 4 is 34.7 Å². The summed E-state index contributed by atoms with van der Waals surface area (Å²) in [5, 5.41) is 57.6. The molecule has 0 aliphatic rings. The van der Waals surface area contributed by atoms with Crippen molar-refractivity contribution in [2.24, 2.45) is 9.98 Å². The van der Waals surface area contributed by atoms with Gasteiger partial charge in [0.05, 0.1) is 34.7 Å². The fourth-order valence-corrected chi connectivity index (χ4v) is 7.73. The normalized spacial score (nSPS) is 11.2. The average Bonchev–Trinajstić information content (AvgIpc) is 3.31. The number of hydrogen-bond donors (Lipinski definition) is 4. The Morgan fingerprint density at radius 2 is 0.750 bits per heavy atom. The molecule has 0 amide bonds. The van der Waals surface area contributed by atoms with Crippen LogP contribution in [0.5, 0.6) is 23.0 Å². The van der Waals surface area contributed by atoms with Crippen LogP contribution in [0.4, 0.5) is 11.4 Å². The van der Waals surface area contributed by atoms with E-state index >= 15 is 0 Å². The molecule has 0 unspecified atom stereocenters. The van der Waals surface area contributed by atoms with Crippen LogP contribution in [0.2, 0.25) is 0 Å². The van der Waals surface area contributed by atoms with Crippen molar-refractivity contribution in [3.05, 3.63) is 105 Å². The predicted octanol–water partition coefficient (Wildman–Crippen LogP) is 12.7. The smallest absolute Gasteiger partial charge is 0.545 e. The molecule has 4 rings (SSSR count). The van der Waals surface area contributed by atoms with Gasteiger partial charge >= 0.3 is 16.5 Å². The number of carbonyl (C=O) groups is 2. The van der Waals surface area contributed by atoms with E-state index in [9.17, 15) is 30.0 Å². The fourth-order valence-electron chi connectivity index (χ4n) is 7.73. The minimum atomic E-state index is -1.48. The zero-order chi connectivity index (χ0) is 49.7. The Balaban J connectivity index is 0.000000690. The summed E-state index contributed by atoms with van der Waals surface area (Å²) in [5.74, 6) is -5.11. The first-order chi connectivity index (χ1) is 32.2. The first-order valence-corrected chi connectivity index (χ1v) is 25.1. The number of carbonyl (C=O) groups excluding carboxylic acids is 2. The molecule has 0 spiro atoms. The molecule has 0 heterocycles. The molecule has 0 atom stereocenters. The summed E-state index contributed by atoms with van der Waals surface area (Å²) < 4.78 is 0. The molecule has 0 aromatic heterocycles. The van der Waals surface area contributed by atoms with Crippen LogP contribution in [-0.4, -0.2) is 43.8 Å². The van der Waals surface area contributed by atoms with Crippen LogP contribution in [0.15, 0.2) is 70.6 Å². The summed E-state index contributed by atoms with van der Waals surface area (Å²) in [6.07, 6.45) is 23.3. The van der Waals surface area contributed by atoms with Crippen molar-refractivity contribution in [1.82, 2.24) is 0 Å². The van der Waals surface area contributed by atoms with Gasteiger partial charge in [-0.15, -0.1) is 0 Å². The number of rotatable bonds is 26. The van der Waals surface area contributed by atoms with E-state index in [1.54, 1.807) is 13.8 Å². The number of phenolic OH excluding ortho intramolecular Hbond substituents is 2. The molecular formula is C57H80N2NiO8. The second kappa shape index (κ2) is 34.2. The third-order valence-corrected chi connectivity index (χ3v) is 11.7. The van der Waals surface area contributed by atoms with E-state index in [1.807, 2.05) is 0 Å². The van der Waals surface area contributed by atoms with Crippen LogP contribution in [-0.2, 0) is 55.0 Å². The zero-order valence-electron chi connectivity index (χ0n) is 42.3. The number of phenols is 4. The maximum atomic E-state index is 10.6. The molecular weight excluding hydrogens is 899 g/mol. The van der Waals surface area contributed by atoms with Crippen molar-refractivity contribution in [2.45, 2.75) is 190 Å². The summed E-state index contributed by atoms with van der Waals surface area (Å²) in [5.41, 5.74) is 10.7. The Kier molecular flexibility index (Phi) is 30.6. The molecule has 0 aliphatic heterocycles. The Hall–Kier alpha value is -5.15. The minimum absolute atomic E-state index is 0. The van der Waals surface area contributed by atoms with E-state index in [2.05, 4.69) is 77.9 Å². The van der Waals surface area contributed by atoms with E-state index < -0.39 is 34.9 Å². The standard InChI is InChI=1S/C39H62N2.2C9H10O4.Ni/c1-7-13-19-25-39(41-37-30-34(22-16-10-4)27-35(31-37)23-17-11-5)38(24-18-12-6)40-36-28-32(20-14-8-2)26-33(29-36)21-15-9-3;2*1-2-5-3-4-6(10)8(11)7(5)9(12)13;/h26-31H,7-25H2,1-6H3;2*3-4,10-11H,2H2,1H3,(H,12,13);/q;;;+2/p-2. The Labute approximate surface area is 418 Å². The van der Waals surface area contributed by atoms with Gasteiger partial charge in [-0.1, -0.05) is 125 Å². The average molecular weight is 980 g/mol.